The first-order chi connectivity index (χ1) is 15.4. The number of carbonyl (C=O) groups excluding carboxylic acids is 2. The molecule has 0 saturated carbocycles. The van der Waals surface area contributed by atoms with Gasteiger partial charge in [-0.05, 0) is 42.3 Å². The van der Waals surface area contributed by atoms with Crippen LogP contribution in [-0.2, 0) is 37.5 Å². The minimum Gasteiger partial charge on any atom is -0.367 e. The number of benzene rings is 2. The van der Waals surface area contributed by atoms with Gasteiger partial charge in [-0.25, -0.2) is 8.42 Å². The maximum absolute atomic E-state index is 12.5. The molecule has 0 aliphatic rings. The van der Waals surface area contributed by atoms with Crippen molar-refractivity contribution in [2.75, 3.05) is 11.9 Å². The van der Waals surface area contributed by atoms with Gasteiger partial charge >= 0.3 is 6.18 Å². The molecule has 3 N–H and O–H groups in total. The van der Waals surface area contributed by atoms with Crippen LogP contribution in [0.1, 0.15) is 25.0 Å². The third-order valence-corrected chi connectivity index (χ3v) is 5.79. The summed E-state index contributed by atoms with van der Waals surface area (Å²) in [6, 6.07) is 10.8. The molecule has 0 aliphatic carbocycles. The second kappa shape index (κ2) is 11.3. The highest BCUT2D eigenvalue weighted by Gasteiger charge is 2.27. The van der Waals surface area contributed by atoms with Crippen LogP contribution in [0.15, 0.2) is 53.4 Å². The fourth-order valence-electron chi connectivity index (χ4n) is 2.66. The van der Waals surface area contributed by atoms with Gasteiger partial charge in [-0.3, -0.25) is 9.59 Å². The van der Waals surface area contributed by atoms with Crippen molar-refractivity contribution < 1.29 is 35.9 Å². The largest absolute Gasteiger partial charge is 0.411 e. The summed E-state index contributed by atoms with van der Waals surface area (Å²) in [5.74, 6) is -0.857. The van der Waals surface area contributed by atoms with Crippen molar-refractivity contribution in [1.82, 2.24) is 10.0 Å². The first-order valence-corrected chi connectivity index (χ1v) is 11.2. The summed E-state index contributed by atoms with van der Waals surface area (Å²) in [6.45, 7) is 1.28. The fraction of sp³-hybridized carbons (Fsp3) is 0.333. The van der Waals surface area contributed by atoms with Crippen LogP contribution in [0.5, 0.6) is 0 Å². The zero-order valence-electron chi connectivity index (χ0n) is 17.9. The van der Waals surface area contributed by atoms with Gasteiger partial charge in [-0.2, -0.15) is 17.9 Å². The molecular formula is C21H24F3N3O5S. The maximum atomic E-state index is 12.5. The quantitative estimate of drug-likeness (QED) is 0.477. The van der Waals surface area contributed by atoms with E-state index in [1.54, 1.807) is 24.3 Å². The van der Waals surface area contributed by atoms with Crippen molar-refractivity contribution >= 4 is 27.5 Å². The lowest BCUT2D eigenvalue weighted by molar-refractivity contribution is -0.176. The van der Waals surface area contributed by atoms with Crippen LogP contribution in [0.25, 0.3) is 0 Å². The number of hydrogen-bond acceptors (Lipinski definition) is 5. The van der Waals surface area contributed by atoms with Crippen LogP contribution in [-0.4, -0.2) is 39.1 Å². The molecule has 0 unspecified atom stereocenters. The normalized spacial score (nSPS) is 12.8. The zero-order chi connectivity index (χ0) is 24.6. The maximum Gasteiger partial charge on any atom is 0.411 e. The summed E-state index contributed by atoms with van der Waals surface area (Å²) in [6.07, 6.45) is -4.39. The smallest absolute Gasteiger partial charge is 0.367 e. The molecule has 180 valence electrons. The van der Waals surface area contributed by atoms with E-state index in [1.807, 2.05) is 0 Å². The van der Waals surface area contributed by atoms with E-state index in [1.165, 1.54) is 38.1 Å². The van der Waals surface area contributed by atoms with Gasteiger partial charge in [0.15, 0.2) is 0 Å². The second-order valence-electron chi connectivity index (χ2n) is 7.19. The van der Waals surface area contributed by atoms with E-state index in [4.69, 9.17) is 0 Å². The summed E-state index contributed by atoms with van der Waals surface area (Å²) in [7, 11) is -3.98. The summed E-state index contributed by atoms with van der Waals surface area (Å²) in [4.78, 5) is 23.3. The molecule has 33 heavy (non-hydrogen) atoms. The Hall–Kier alpha value is -2.96. The first-order valence-electron chi connectivity index (χ1n) is 9.76. The number of alkyl halides is 3. The van der Waals surface area contributed by atoms with Crippen molar-refractivity contribution in [1.29, 1.82) is 0 Å². The number of amides is 2. The molecule has 0 aliphatic heterocycles. The molecule has 2 rings (SSSR count). The van der Waals surface area contributed by atoms with Crippen LogP contribution in [0.4, 0.5) is 18.9 Å². The molecule has 0 aromatic heterocycles. The number of ether oxygens (including phenoxy) is 1. The molecule has 0 spiro atoms. The molecule has 0 fully saturated rings. The SMILES string of the molecule is CC(=O)Nc1ccc(S(=O)(=O)N[C@@H](C)C(=O)NCc2ccc(COCC(F)(F)F)cc2)cc1. The Kier molecular flexibility index (Phi) is 8.97. The van der Waals surface area contributed by atoms with Crippen molar-refractivity contribution in [3.05, 3.63) is 59.7 Å². The van der Waals surface area contributed by atoms with Crippen molar-refractivity contribution in [2.45, 2.75) is 44.1 Å². The van der Waals surface area contributed by atoms with Gasteiger partial charge in [0, 0.05) is 19.2 Å². The first kappa shape index (κ1) is 26.3. The lowest BCUT2D eigenvalue weighted by Crippen LogP contribution is -2.44. The Balaban J connectivity index is 1.85. The molecule has 2 amide bonds. The van der Waals surface area contributed by atoms with Crippen LogP contribution in [0.3, 0.4) is 0 Å². The van der Waals surface area contributed by atoms with Crippen molar-refractivity contribution in [3.63, 3.8) is 0 Å². The van der Waals surface area contributed by atoms with Gasteiger partial charge < -0.3 is 15.4 Å². The van der Waals surface area contributed by atoms with E-state index in [2.05, 4.69) is 20.1 Å². The number of halogens is 3. The predicted octanol–water partition coefficient (Wildman–Crippen LogP) is 2.71. The van der Waals surface area contributed by atoms with Crippen LogP contribution in [0, 0.1) is 0 Å². The lowest BCUT2D eigenvalue weighted by atomic mass is 10.1. The number of rotatable bonds is 10. The summed E-state index contributed by atoms with van der Waals surface area (Å²) in [5.41, 5.74) is 1.65. The Morgan fingerprint density at radius 1 is 1.00 bits per heavy atom. The highest BCUT2D eigenvalue weighted by Crippen LogP contribution is 2.16. The Morgan fingerprint density at radius 3 is 2.12 bits per heavy atom. The predicted molar refractivity (Wildman–Crippen MR) is 115 cm³/mol. The monoisotopic (exact) mass is 487 g/mol. The Morgan fingerprint density at radius 2 is 1.58 bits per heavy atom. The third-order valence-electron chi connectivity index (χ3n) is 4.23. The van der Waals surface area contributed by atoms with Crippen molar-refractivity contribution in [3.8, 4) is 0 Å². The van der Waals surface area contributed by atoms with Crippen LogP contribution < -0.4 is 15.4 Å². The molecule has 0 radical (unpaired) electrons. The van der Waals surface area contributed by atoms with Crippen molar-refractivity contribution in [2.24, 2.45) is 0 Å². The molecule has 0 heterocycles. The van der Waals surface area contributed by atoms with E-state index in [-0.39, 0.29) is 24.0 Å². The van der Waals surface area contributed by atoms with Gasteiger partial charge in [0.2, 0.25) is 21.8 Å². The van der Waals surface area contributed by atoms with E-state index >= 15 is 0 Å². The highest BCUT2D eigenvalue weighted by atomic mass is 32.2. The summed E-state index contributed by atoms with van der Waals surface area (Å²) >= 11 is 0. The summed E-state index contributed by atoms with van der Waals surface area (Å²) < 4.78 is 68.1. The average Bonchev–Trinajstić information content (AvgIpc) is 2.71. The molecule has 8 nitrogen and oxygen atoms in total. The number of anilines is 1. The molecule has 1 atom stereocenters. The molecule has 0 bridgehead atoms. The van der Waals surface area contributed by atoms with Gasteiger partial charge in [-0.15, -0.1) is 0 Å². The molecule has 2 aromatic carbocycles. The Labute approximate surface area is 189 Å². The standard InChI is InChI=1S/C21H24F3N3O5S/c1-14(27-33(30,31)19-9-7-18(8-10-19)26-15(2)28)20(29)25-11-16-3-5-17(6-4-16)12-32-13-21(22,23)24/h3-10,14,27H,11-13H2,1-2H3,(H,25,29)(H,26,28)/t14-/m0/s1. The Bertz CT molecular complexity index is 1060. The average molecular weight is 488 g/mol. The highest BCUT2D eigenvalue weighted by molar-refractivity contribution is 7.89. The zero-order valence-corrected chi connectivity index (χ0v) is 18.7. The second-order valence-corrected chi connectivity index (χ2v) is 8.90. The number of nitrogens with one attached hydrogen (secondary N) is 3. The van der Waals surface area contributed by atoms with Gasteiger partial charge in [0.1, 0.15) is 6.61 Å². The van der Waals surface area contributed by atoms with Gasteiger partial charge in [0.25, 0.3) is 0 Å². The lowest BCUT2D eigenvalue weighted by Gasteiger charge is -2.15. The number of sulfonamides is 1. The van der Waals surface area contributed by atoms with Gasteiger partial charge in [-0.1, -0.05) is 24.3 Å². The number of carbonyl (C=O) groups is 2. The topological polar surface area (TPSA) is 114 Å². The molecule has 0 saturated heterocycles. The van der Waals surface area contributed by atoms with E-state index in [9.17, 15) is 31.2 Å². The van der Waals surface area contributed by atoms with E-state index in [0.29, 0.717) is 16.8 Å². The molecule has 2 aromatic rings. The minimum atomic E-state index is -4.39. The van der Waals surface area contributed by atoms with Crippen LogP contribution in [0.2, 0.25) is 0 Å². The van der Waals surface area contributed by atoms with E-state index < -0.39 is 34.8 Å². The third kappa shape index (κ3) is 9.20. The molecule has 12 heteroatoms. The number of hydrogen-bond donors (Lipinski definition) is 3. The van der Waals surface area contributed by atoms with E-state index in [0.717, 1.165) is 0 Å². The van der Waals surface area contributed by atoms with Gasteiger partial charge in [0.05, 0.1) is 17.5 Å². The fourth-order valence-corrected chi connectivity index (χ4v) is 3.86. The minimum absolute atomic E-state index is 0.0698. The van der Waals surface area contributed by atoms with Crippen LogP contribution >= 0.6 is 0 Å². The molecular weight excluding hydrogens is 463 g/mol. The summed E-state index contributed by atoms with van der Waals surface area (Å²) in [5, 5.41) is 5.12.